The molecule has 1 N–H and O–H groups in total. The number of hydrogen-bond donors (Lipinski definition) is 1. The molecule has 5 nitrogen and oxygen atoms in total. The second kappa shape index (κ2) is 5.67. The normalized spacial score (nSPS) is 11.3. The quantitative estimate of drug-likeness (QED) is 0.858. The average Bonchev–Trinajstić information content (AvgIpc) is 2.44. The molecule has 0 heterocycles. The number of carbonyl (C=O) groups is 2. The second-order valence-electron chi connectivity index (χ2n) is 6.03. The zero-order valence-corrected chi connectivity index (χ0v) is 13.1. The maximum atomic E-state index is 12.2. The molecular weight excluding hydrogens is 282 g/mol. The predicted molar refractivity (Wildman–Crippen MR) is 85.6 cm³/mol. The Morgan fingerprint density at radius 1 is 1.23 bits per heavy atom. The minimum absolute atomic E-state index is 0.00612. The highest BCUT2D eigenvalue weighted by Crippen LogP contribution is 2.34. The maximum Gasteiger partial charge on any atom is 0.414 e. The third-order valence-electron chi connectivity index (χ3n) is 3.19. The van der Waals surface area contributed by atoms with E-state index in [4.69, 9.17) is 4.74 Å². The monoisotopic (exact) mass is 301 g/mol. The molecule has 0 aliphatic heterocycles. The Kier molecular flexibility index (Phi) is 4.08. The topological polar surface area (TPSA) is 66.8 Å². The summed E-state index contributed by atoms with van der Waals surface area (Å²) in [4.78, 5) is 24.9. The number of nitrogens with zero attached hydrogens (tertiary/aromatic N) is 1. The average molecular weight is 301 g/mol. The number of rotatable bonds is 2. The van der Waals surface area contributed by atoms with E-state index in [2.05, 4.69) is 0 Å². The van der Waals surface area contributed by atoms with E-state index in [1.165, 1.54) is 18.0 Å². The van der Waals surface area contributed by atoms with Crippen LogP contribution in [-0.4, -0.2) is 30.1 Å². The van der Waals surface area contributed by atoms with Crippen molar-refractivity contribution in [2.24, 2.45) is 0 Å². The third-order valence-corrected chi connectivity index (χ3v) is 3.19. The summed E-state index contributed by atoms with van der Waals surface area (Å²) >= 11 is 0. The van der Waals surface area contributed by atoms with Gasteiger partial charge in [0.15, 0.2) is 6.29 Å². The number of hydrogen-bond acceptors (Lipinski definition) is 4. The minimum Gasteiger partial charge on any atom is -0.507 e. The first-order valence-corrected chi connectivity index (χ1v) is 6.91. The van der Waals surface area contributed by atoms with Crippen LogP contribution in [0.5, 0.6) is 5.75 Å². The molecule has 0 atom stereocenters. The molecule has 2 rings (SSSR count). The lowest BCUT2D eigenvalue weighted by Gasteiger charge is -2.26. The number of aldehydes is 1. The predicted octanol–water partition coefficient (Wildman–Crippen LogP) is 3.73. The summed E-state index contributed by atoms with van der Waals surface area (Å²) in [7, 11) is 1.50. The molecule has 0 bridgehead atoms. The van der Waals surface area contributed by atoms with Gasteiger partial charge in [0.2, 0.25) is 0 Å². The van der Waals surface area contributed by atoms with Crippen LogP contribution in [0.15, 0.2) is 30.3 Å². The Morgan fingerprint density at radius 2 is 1.82 bits per heavy atom. The van der Waals surface area contributed by atoms with E-state index in [9.17, 15) is 14.7 Å². The molecule has 0 unspecified atom stereocenters. The number of ether oxygens (including phenoxy) is 1. The summed E-state index contributed by atoms with van der Waals surface area (Å²) in [5.74, 6) is 0.00612. The number of aromatic hydroxyl groups is 1. The van der Waals surface area contributed by atoms with Crippen molar-refractivity contribution in [3.63, 3.8) is 0 Å². The highest BCUT2D eigenvalue weighted by molar-refractivity contribution is 6.08. The van der Waals surface area contributed by atoms with Crippen LogP contribution in [-0.2, 0) is 4.74 Å². The van der Waals surface area contributed by atoms with Crippen LogP contribution < -0.4 is 4.90 Å². The van der Waals surface area contributed by atoms with Crippen molar-refractivity contribution in [3.8, 4) is 5.75 Å². The summed E-state index contributed by atoms with van der Waals surface area (Å²) in [6, 6.07) is 8.38. The number of amides is 1. The van der Waals surface area contributed by atoms with Crippen molar-refractivity contribution < 1.29 is 19.4 Å². The molecule has 0 aromatic heterocycles. The summed E-state index contributed by atoms with van der Waals surface area (Å²) in [6.07, 6.45) is 0.0862. The fourth-order valence-electron chi connectivity index (χ4n) is 2.19. The van der Waals surface area contributed by atoms with Crippen LogP contribution in [0.2, 0.25) is 0 Å². The molecule has 0 saturated heterocycles. The molecule has 0 aliphatic rings. The lowest BCUT2D eigenvalue weighted by atomic mass is 10.0. The second-order valence-corrected chi connectivity index (χ2v) is 6.03. The van der Waals surface area contributed by atoms with Crippen molar-refractivity contribution in [2.75, 3.05) is 11.9 Å². The molecule has 0 saturated carbocycles. The molecule has 0 aliphatic carbocycles. The van der Waals surface area contributed by atoms with Crippen LogP contribution in [0.1, 0.15) is 31.1 Å². The number of carbonyl (C=O) groups excluding carboxylic acids is 2. The summed E-state index contributed by atoms with van der Waals surface area (Å²) in [6.45, 7) is 5.28. The van der Waals surface area contributed by atoms with Gasteiger partial charge >= 0.3 is 6.09 Å². The van der Waals surface area contributed by atoms with E-state index >= 15 is 0 Å². The van der Waals surface area contributed by atoms with Gasteiger partial charge in [-0.25, -0.2) is 4.79 Å². The molecule has 116 valence electrons. The molecule has 0 fully saturated rings. The first-order chi connectivity index (χ1) is 10.2. The van der Waals surface area contributed by atoms with Gasteiger partial charge in [-0.15, -0.1) is 0 Å². The van der Waals surface area contributed by atoms with Crippen LogP contribution in [0.3, 0.4) is 0 Å². The number of phenolic OH excluding ortho intramolecular Hbond substituents is 1. The van der Waals surface area contributed by atoms with Crippen LogP contribution in [0, 0.1) is 0 Å². The van der Waals surface area contributed by atoms with E-state index in [1.54, 1.807) is 45.0 Å². The highest BCUT2D eigenvalue weighted by atomic mass is 16.6. The number of anilines is 1. The van der Waals surface area contributed by atoms with E-state index in [0.717, 1.165) is 0 Å². The Bertz CT molecular complexity index is 731. The number of fused-ring (bicyclic) bond motifs is 1. The van der Waals surface area contributed by atoms with Gasteiger partial charge in [0.05, 0.1) is 5.69 Å². The Hall–Kier alpha value is -2.56. The Morgan fingerprint density at radius 3 is 2.36 bits per heavy atom. The van der Waals surface area contributed by atoms with Crippen molar-refractivity contribution in [1.82, 2.24) is 0 Å². The van der Waals surface area contributed by atoms with Gasteiger partial charge in [-0.1, -0.05) is 24.3 Å². The van der Waals surface area contributed by atoms with E-state index in [1.807, 2.05) is 0 Å². The molecule has 2 aromatic carbocycles. The Labute approximate surface area is 129 Å². The summed E-state index contributed by atoms with van der Waals surface area (Å²) in [5.41, 5.74) is -0.00631. The lowest BCUT2D eigenvalue weighted by molar-refractivity contribution is 0.0589. The molecule has 1 amide bonds. The standard InChI is InChI=1S/C17H19NO4/c1-17(2,3)22-16(21)18(4)14-9-15(20)12-8-6-5-7-11(12)13(14)10-19/h5-10,20H,1-4H3. The van der Waals surface area contributed by atoms with Crippen molar-refractivity contribution in [1.29, 1.82) is 0 Å². The molecule has 2 aromatic rings. The highest BCUT2D eigenvalue weighted by Gasteiger charge is 2.23. The van der Waals surface area contributed by atoms with Crippen LogP contribution in [0.4, 0.5) is 10.5 Å². The van der Waals surface area contributed by atoms with Gasteiger partial charge in [-0.3, -0.25) is 9.69 Å². The number of benzene rings is 2. The van der Waals surface area contributed by atoms with Gasteiger partial charge in [0.1, 0.15) is 11.4 Å². The molecule has 22 heavy (non-hydrogen) atoms. The smallest absolute Gasteiger partial charge is 0.414 e. The van der Waals surface area contributed by atoms with Crippen LogP contribution >= 0.6 is 0 Å². The molecule has 0 spiro atoms. The molecule has 5 heteroatoms. The van der Waals surface area contributed by atoms with Crippen molar-refractivity contribution in [2.45, 2.75) is 26.4 Å². The first-order valence-electron chi connectivity index (χ1n) is 6.91. The maximum absolute atomic E-state index is 12.2. The van der Waals surface area contributed by atoms with Crippen molar-refractivity contribution >= 4 is 28.8 Å². The fourth-order valence-corrected chi connectivity index (χ4v) is 2.19. The fraction of sp³-hybridized carbons (Fsp3) is 0.294. The van der Waals surface area contributed by atoms with E-state index in [0.29, 0.717) is 28.3 Å². The zero-order valence-electron chi connectivity index (χ0n) is 13.1. The van der Waals surface area contributed by atoms with E-state index in [-0.39, 0.29) is 5.75 Å². The summed E-state index contributed by atoms with van der Waals surface area (Å²) < 4.78 is 5.29. The minimum atomic E-state index is -0.647. The largest absolute Gasteiger partial charge is 0.507 e. The van der Waals surface area contributed by atoms with E-state index < -0.39 is 11.7 Å². The lowest BCUT2D eigenvalue weighted by Crippen LogP contribution is -2.34. The van der Waals surface area contributed by atoms with Crippen LogP contribution in [0.25, 0.3) is 10.8 Å². The van der Waals surface area contributed by atoms with Crippen molar-refractivity contribution in [3.05, 3.63) is 35.9 Å². The van der Waals surface area contributed by atoms with Gasteiger partial charge < -0.3 is 9.84 Å². The van der Waals surface area contributed by atoms with Gasteiger partial charge in [-0.05, 0) is 26.2 Å². The molecule has 0 radical (unpaired) electrons. The van der Waals surface area contributed by atoms with Gasteiger partial charge in [0.25, 0.3) is 0 Å². The van der Waals surface area contributed by atoms with Gasteiger partial charge in [-0.2, -0.15) is 0 Å². The summed E-state index contributed by atoms with van der Waals surface area (Å²) in [5, 5.41) is 11.3. The third kappa shape index (κ3) is 3.03. The Balaban J connectivity index is 2.55. The zero-order chi connectivity index (χ0) is 16.5. The first kappa shape index (κ1) is 15.8. The SMILES string of the molecule is CN(C(=O)OC(C)(C)C)c1cc(O)c2ccccc2c1C=O. The molecular formula is C17H19NO4. The number of phenols is 1. The van der Waals surface area contributed by atoms with Gasteiger partial charge in [0, 0.05) is 24.1 Å².